The summed E-state index contributed by atoms with van der Waals surface area (Å²) in [6.07, 6.45) is -11.2. The van der Waals surface area contributed by atoms with Crippen molar-refractivity contribution in [1.29, 1.82) is 0 Å². The third kappa shape index (κ3) is 4.66. The minimum Gasteiger partial charge on any atom is -0.481 e. The number of alkyl halides is 7. The maximum absolute atomic E-state index is 12.7. The van der Waals surface area contributed by atoms with E-state index in [4.69, 9.17) is 16.7 Å². The summed E-state index contributed by atoms with van der Waals surface area (Å²) >= 11 is 5.31. The average molecular weight is 338 g/mol. The number of aromatic nitrogens is 1. The third-order valence-corrected chi connectivity index (χ3v) is 2.51. The van der Waals surface area contributed by atoms with Crippen molar-refractivity contribution in [1.82, 2.24) is 4.98 Å². The molecule has 11 heteroatoms. The Labute approximate surface area is 118 Å². The third-order valence-electron chi connectivity index (χ3n) is 2.24. The number of nitrogens with zero attached hydrogens (tertiary/aromatic N) is 1. The molecule has 0 saturated carbocycles. The molecule has 0 aliphatic rings. The quantitative estimate of drug-likeness (QED) is 0.676. The number of hydrogen-bond acceptors (Lipinski definition) is 3. The van der Waals surface area contributed by atoms with Crippen LogP contribution in [-0.2, 0) is 23.3 Å². The van der Waals surface area contributed by atoms with Gasteiger partial charge in [0.05, 0.1) is 12.0 Å². The molecule has 4 nitrogen and oxygen atoms in total. The summed E-state index contributed by atoms with van der Waals surface area (Å²) in [4.78, 5) is 13.5. The summed E-state index contributed by atoms with van der Waals surface area (Å²) in [7, 11) is 0. The van der Waals surface area contributed by atoms with E-state index in [1.54, 1.807) is 0 Å². The zero-order chi connectivity index (χ0) is 16.4. The molecule has 0 aliphatic heterocycles. The molecule has 0 spiro atoms. The van der Waals surface area contributed by atoms with Crippen LogP contribution in [0.5, 0.6) is 5.88 Å². The van der Waals surface area contributed by atoms with Crippen molar-refractivity contribution in [3.8, 4) is 5.88 Å². The molecule has 1 heterocycles. The van der Waals surface area contributed by atoms with Gasteiger partial charge in [0.2, 0.25) is 5.88 Å². The van der Waals surface area contributed by atoms with Crippen molar-refractivity contribution in [3.63, 3.8) is 0 Å². The highest BCUT2D eigenvalue weighted by Gasteiger charge is 2.38. The molecule has 0 saturated heterocycles. The maximum Gasteiger partial charge on any atom is 0.574 e. The SMILES string of the molecule is O=C(O)Cc1c(OC(F)(F)F)ncc(C(F)(F)F)c1CCl. The summed E-state index contributed by atoms with van der Waals surface area (Å²) in [5.74, 6) is -3.78. The van der Waals surface area contributed by atoms with E-state index in [1.807, 2.05) is 0 Å². The average Bonchev–Trinajstić information content (AvgIpc) is 2.26. The van der Waals surface area contributed by atoms with Crippen LogP contribution in [-0.4, -0.2) is 22.4 Å². The smallest absolute Gasteiger partial charge is 0.481 e. The monoisotopic (exact) mass is 337 g/mol. The zero-order valence-corrected chi connectivity index (χ0v) is 10.6. The molecule has 1 aromatic heterocycles. The predicted octanol–water partition coefficient (Wildman–Crippen LogP) is 3.36. The Morgan fingerprint density at radius 2 is 1.81 bits per heavy atom. The first-order valence-corrected chi connectivity index (χ1v) is 5.60. The first-order chi connectivity index (χ1) is 9.45. The van der Waals surface area contributed by atoms with Crippen LogP contribution in [0.2, 0.25) is 0 Å². The van der Waals surface area contributed by atoms with Crippen molar-refractivity contribution < 1.29 is 41.0 Å². The number of halogens is 7. The van der Waals surface area contributed by atoms with Gasteiger partial charge in [-0.3, -0.25) is 4.79 Å². The minimum absolute atomic E-state index is 0.115. The summed E-state index contributed by atoms with van der Waals surface area (Å²) < 4.78 is 78.1. The van der Waals surface area contributed by atoms with E-state index in [0.29, 0.717) is 0 Å². The Morgan fingerprint density at radius 3 is 2.19 bits per heavy atom. The maximum atomic E-state index is 12.7. The number of pyridine rings is 1. The van der Waals surface area contributed by atoms with Crippen LogP contribution in [0.4, 0.5) is 26.3 Å². The minimum atomic E-state index is -5.23. The Kier molecular flexibility index (Phi) is 4.92. The lowest BCUT2D eigenvalue weighted by atomic mass is 10.0. The van der Waals surface area contributed by atoms with E-state index < -0.39 is 53.4 Å². The second-order valence-corrected chi connectivity index (χ2v) is 3.95. The van der Waals surface area contributed by atoms with Gasteiger partial charge in [-0.15, -0.1) is 24.8 Å². The van der Waals surface area contributed by atoms with Gasteiger partial charge in [0.25, 0.3) is 0 Å². The van der Waals surface area contributed by atoms with Crippen molar-refractivity contribution in [2.24, 2.45) is 0 Å². The van der Waals surface area contributed by atoms with Crippen LogP contribution < -0.4 is 4.74 Å². The first kappa shape index (κ1) is 17.3. The largest absolute Gasteiger partial charge is 0.574 e. The number of hydrogen-bond donors (Lipinski definition) is 1. The van der Waals surface area contributed by atoms with E-state index >= 15 is 0 Å². The Bertz CT molecular complexity index is 543. The molecule has 1 rings (SSSR count). The van der Waals surface area contributed by atoms with Crippen LogP contribution in [0, 0.1) is 0 Å². The van der Waals surface area contributed by atoms with E-state index in [0.717, 1.165) is 0 Å². The molecule has 0 unspecified atom stereocenters. The first-order valence-electron chi connectivity index (χ1n) is 5.07. The number of aliphatic carboxylic acids is 1. The van der Waals surface area contributed by atoms with Gasteiger partial charge in [0.15, 0.2) is 0 Å². The van der Waals surface area contributed by atoms with Crippen molar-refractivity contribution >= 4 is 17.6 Å². The standard InChI is InChI=1S/C10H6ClF6NO3/c11-2-5-4(1-7(19)20)8(21-10(15,16)17)18-3-6(5)9(12,13)14/h3H,1-2H2,(H,19,20). The van der Waals surface area contributed by atoms with Crippen LogP contribution in [0.3, 0.4) is 0 Å². The van der Waals surface area contributed by atoms with Gasteiger partial charge in [-0.25, -0.2) is 4.98 Å². The molecule has 21 heavy (non-hydrogen) atoms. The molecular formula is C10H6ClF6NO3. The van der Waals surface area contributed by atoms with E-state index in [1.165, 1.54) is 0 Å². The molecule has 0 atom stereocenters. The molecule has 118 valence electrons. The molecule has 0 amide bonds. The van der Waals surface area contributed by atoms with Crippen LogP contribution in [0.25, 0.3) is 0 Å². The Balaban J connectivity index is 3.50. The second kappa shape index (κ2) is 5.96. The van der Waals surface area contributed by atoms with E-state index in [-0.39, 0.29) is 6.20 Å². The fraction of sp³-hybridized carbons (Fsp3) is 0.400. The van der Waals surface area contributed by atoms with E-state index in [9.17, 15) is 31.1 Å². The van der Waals surface area contributed by atoms with Gasteiger partial charge >= 0.3 is 18.5 Å². The van der Waals surface area contributed by atoms with Crippen LogP contribution >= 0.6 is 11.6 Å². The summed E-state index contributed by atoms with van der Waals surface area (Å²) in [6, 6.07) is 0. The predicted molar refractivity (Wildman–Crippen MR) is 56.8 cm³/mol. The fourth-order valence-corrected chi connectivity index (χ4v) is 1.80. The summed E-state index contributed by atoms with van der Waals surface area (Å²) in [5, 5.41) is 8.61. The molecule has 0 radical (unpaired) electrons. The number of rotatable bonds is 4. The van der Waals surface area contributed by atoms with E-state index in [2.05, 4.69) is 9.72 Å². The van der Waals surface area contributed by atoms with Crippen molar-refractivity contribution in [2.75, 3.05) is 0 Å². The Morgan fingerprint density at radius 1 is 1.24 bits per heavy atom. The fourth-order valence-electron chi connectivity index (χ4n) is 1.50. The lowest BCUT2D eigenvalue weighted by molar-refractivity contribution is -0.276. The zero-order valence-electron chi connectivity index (χ0n) is 9.85. The second-order valence-electron chi connectivity index (χ2n) is 3.68. The van der Waals surface area contributed by atoms with Crippen molar-refractivity contribution in [2.45, 2.75) is 24.8 Å². The Hall–Kier alpha value is -1.71. The molecular weight excluding hydrogens is 332 g/mol. The highest BCUT2D eigenvalue weighted by Crippen LogP contribution is 2.37. The lowest BCUT2D eigenvalue weighted by Gasteiger charge is -2.18. The summed E-state index contributed by atoms with van der Waals surface area (Å²) in [6.45, 7) is 0. The van der Waals surface area contributed by atoms with Gasteiger partial charge < -0.3 is 9.84 Å². The molecule has 1 N–H and O–H groups in total. The topological polar surface area (TPSA) is 59.4 Å². The number of carboxylic acid groups (broad SMARTS) is 1. The molecule has 0 aromatic carbocycles. The van der Waals surface area contributed by atoms with Gasteiger partial charge in [-0.2, -0.15) is 13.2 Å². The summed E-state index contributed by atoms with van der Waals surface area (Å²) in [5.41, 5.74) is -3.10. The molecule has 0 aliphatic carbocycles. The highest BCUT2D eigenvalue weighted by atomic mass is 35.5. The van der Waals surface area contributed by atoms with Gasteiger partial charge in [-0.05, 0) is 5.56 Å². The highest BCUT2D eigenvalue weighted by molar-refractivity contribution is 6.17. The van der Waals surface area contributed by atoms with Gasteiger partial charge in [-0.1, -0.05) is 0 Å². The number of carbonyl (C=O) groups is 1. The number of ether oxygens (including phenoxy) is 1. The van der Waals surface area contributed by atoms with Crippen LogP contribution in [0.15, 0.2) is 6.20 Å². The van der Waals surface area contributed by atoms with Crippen molar-refractivity contribution in [3.05, 3.63) is 22.9 Å². The van der Waals surface area contributed by atoms with Gasteiger partial charge in [0, 0.05) is 17.6 Å². The lowest BCUT2D eigenvalue weighted by Crippen LogP contribution is -2.22. The molecule has 0 bridgehead atoms. The molecule has 0 fully saturated rings. The molecule has 1 aromatic rings. The number of carboxylic acids is 1. The van der Waals surface area contributed by atoms with Crippen LogP contribution in [0.1, 0.15) is 16.7 Å². The normalized spacial score (nSPS) is 12.3. The van der Waals surface area contributed by atoms with Gasteiger partial charge in [0.1, 0.15) is 0 Å².